The lowest BCUT2D eigenvalue weighted by Crippen LogP contribution is -2.15. The molecule has 0 heterocycles. The lowest BCUT2D eigenvalue weighted by molar-refractivity contribution is -0.117. The lowest BCUT2D eigenvalue weighted by Gasteiger charge is -2.16. The Morgan fingerprint density at radius 3 is 1.44 bits per heavy atom. The first kappa shape index (κ1) is 18.8. The first-order valence-electron chi connectivity index (χ1n) is 7.67. The minimum atomic E-state index is -0.229. The molecule has 4 nitrogen and oxygen atoms in total. The zero-order chi connectivity index (χ0) is 18.7. The summed E-state index contributed by atoms with van der Waals surface area (Å²) in [5, 5.41) is 0. The molecule has 0 aromatic heterocycles. The van der Waals surface area contributed by atoms with Gasteiger partial charge < -0.3 is 0 Å². The van der Waals surface area contributed by atoms with Gasteiger partial charge in [-0.3, -0.25) is 19.2 Å². The number of hydrogen-bond acceptors (Lipinski definition) is 5. The van der Waals surface area contributed by atoms with Crippen LogP contribution in [0.1, 0.15) is 26.7 Å². The minimum Gasteiger partial charge on any atom is -0.293 e. The molecule has 0 spiro atoms. The van der Waals surface area contributed by atoms with Gasteiger partial charge in [-0.2, -0.15) is 0 Å². The third-order valence-electron chi connectivity index (χ3n) is 3.70. The molecule has 0 aromatic rings. The van der Waals surface area contributed by atoms with E-state index < -0.39 is 0 Å². The number of Topliss-reactive ketones (excluding diaryl/α,β-unsaturated/α-hetero) is 4. The highest BCUT2D eigenvalue weighted by molar-refractivity contribution is 8.08. The van der Waals surface area contributed by atoms with Crippen molar-refractivity contribution in [2.45, 2.75) is 26.7 Å². The zero-order valence-electron chi connectivity index (χ0n) is 14.2. The van der Waals surface area contributed by atoms with Crippen molar-refractivity contribution < 1.29 is 19.2 Å². The Morgan fingerprint density at radius 1 is 0.800 bits per heavy atom. The van der Waals surface area contributed by atoms with E-state index in [4.69, 9.17) is 0 Å². The molecule has 0 amide bonds. The molecule has 0 aromatic carbocycles. The molecule has 25 heavy (non-hydrogen) atoms. The van der Waals surface area contributed by atoms with E-state index in [1.54, 1.807) is 38.2 Å². The van der Waals surface area contributed by atoms with E-state index in [0.717, 1.165) is 11.8 Å². The molecule has 0 atom stereocenters. The monoisotopic (exact) mass is 354 g/mol. The Labute approximate surface area is 150 Å². The van der Waals surface area contributed by atoms with Crippen molar-refractivity contribution in [3.8, 4) is 0 Å². The second kappa shape index (κ2) is 7.57. The van der Waals surface area contributed by atoms with Crippen LogP contribution in [0.5, 0.6) is 0 Å². The highest BCUT2D eigenvalue weighted by atomic mass is 32.2. The molecule has 2 aliphatic carbocycles. The molecule has 0 unspecified atom stereocenters. The van der Waals surface area contributed by atoms with Crippen LogP contribution in [0.15, 0.2) is 69.6 Å². The first-order chi connectivity index (χ1) is 11.7. The van der Waals surface area contributed by atoms with Gasteiger partial charge in [-0.25, -0.2) is 0 Å². The maximum Gasteiger partial charge on any atom is 0.184 e. The molecule has 0 aliphatic heterocycles. The second-order valence-corrected chi connectivity index (χ2v) is 7.05. The van der Waals surface area contributed by atoms with E-state index in [1.165, 1.54) is 0 Å². The molecule has 0 bridgehead atoms. The molecule has 0 radical (unpaired) electrons. The van der Waals surface area contributed by atoms with Gasteiger partial charge in [-0.05, 0) is 37.1 Å². The van der Waals surface area contributed by atoms with Gasteiger partial charge in [0.1, 0.15) is 0 Å². The summed E-state index contributed by atoms with van der Waals surface area (Å²) in [5.74, 6) is -0.878. The average molecular weight is 354 g/mol. The Bertz CT molecular complexity index is 777. The van der Waals surface area contributed by atoms with Crippen LogP contribution in [0, 0.1) is 0 Å². The number of thioether (sulfide) groups is 1. The normalized spacial score (nSPS) is 17.2. The molecule has 0 saturated heterocycles. The van der Waals surface area contributed by atoms with Crippen LogP contribution in [-0.2, 0) is 19.2 Å². The van der Waals surface area contributed by atoms with Crippen LogP contribution >= 0.6 is 11.8 Å². The standard InChI is InChI=1S/C20H18O4S/c1-11(2)19(23)13-5-7-17(15(21)9-13)25-18-8-6-14(10-16(18)22)20(24)12(3)4/h5-8H,1,3,9-10H2,2,4H3. The first-order valence-corrected chi connectivity index (χ1v) is 8.48. The molecule has 128 valence electrons. The highest BCUT2D eigenvalue weighted by Crippen LogP contribution is 2.34. The van der Waals surface area contributed by atoms with Gasteiger partial charge in [-0.1, -0.05) is 37.1 Å². The summed E-state index contributed by atoms with van der Waals surface area (Å²) in [5.41, 5.74) is 1.57. The van der Waals surface area contributed by atoms with E-state index >= 15 is 0 Å². The maximum absolute atomic E-state index is 12.2. The number of carbonyl (C=O) groups is 4. The van der Waals surface area contributed by atoms with E-state index in [1.807, 2.05) is 0 Å². The number of ketones is 4. The van der Waals surface area contributed by atoms with E-state index in [9.17, 15) is 19.2 Å². The number of carbonyl (C=O) groups excluding carboxylic acids is 4. The fourth-order valence-corrected chi connectivity index (χ4v) is 3.22. The third-order valence-corrected chi connectivity index (χ3v) is 4.87. The zero-order valence-corrected chi connectivity index (χ0v) is 15.0. The summed E-state index contributed by atoms with van der Waals surface area (Å²) in [4.78, 5) is 49.0. The van der Waals surface area contributed by atoms with Gasteiger partial charge >= 0.3 is 0 Å². The van der Waals surface area contributed by atoms with Crippen molar-refractivity contribution in [2.75, 3.05) is 0 Å². The van der Waals surface area contributed by atoms with Crippen LogP contribution in [-0.4, -0.2) is 23.1 Å². The summed E-state index contributed by atoms with van der Waals surface area (Å²) >= 11 is 1.07. The van der Waals surface area contributed by atoms with Crippen LogP contribution in [0.2, 0.25) is 0 Å². The minimum absolute atomic E-state index is 0.00122. The van der Waals surface area contributed by atoms with Crippen LogP contribution < -0.4 is 0 Å². The van der Waals surface area contributed by atoms with Gasteiger partial charge in [0.15, 0.2) is 23.1 Å². The second-order valence-electron chi connectivity index (χ2n) is 5.97. The predicted octanol–water partition coefficient (Wildman–Crippen LogP) is 3.58. The fraction of sp³-hybridized carbons (Fsp3) is 0.200. The van der Waals surface area contributed by atoms with Crippen molar-refractivity contribution in [3.05, 3.63) is 69.6 Å². The van der Waals surface area contributed by atoms with E-state index in [2.05, 4.69) is 13.2 Å². The van der Waals surface area contributed by atoms with Crippen molar-refractivity contribution in [1.29, 1.82) is 0 Å². The van der Waals surface area contributed by atoms with Crippen LogP contribution in [0.3, 0.4) is 0 Å². The largest absolute Gasteiger partial charge is 0.293 e. The topological polar surface area (TPSA) is 68.3 Å². The van der Waals surface area contributed by atoms with Gasteiger partial charge in [0.05, 0.1) is 9.81 Å². The Morgan fingerprint density at radius 2 is 1.16 bits per heavy atom. The third kappa shape index (κ3) is 4.31. The van der Waals surface area contributed by atoms with Crippen molar-refractivity contribution in [3.63, 3.8) is 0 Å². The summed E-state index contributed by atoms with van der Waals surface area (Å²) < 4.78 is 0. The molecular formula is C20H18O4S. The Hall–Kier alpha value is -2.53. The molecular weight excluding hydrogens is 336 g/mol. The van der Waals surface area contributed by atoms with Gasteiger partial charge in [0.2, 0.25) is 0 Å². The van der Waals surface area contributed by atoms with E-state index in [-0.39, 0.29) is 36.0 Å². The molecule has 2 rings (SSSR count). The van der Waals surface area contributed by atoms with Crippen molar-refractivity contribution in [1.82, 2.24) is 0 Å². The van der Waals surface area contributed by atoms with Gasteiger partial charge in [0, 0.05) is 24.0 Å². The molecule has 0 saturated carbocycles. The molecule has 2 aliphatic rings. The smallest absolute Gasteiger partial charge is 0.184 e. The fourth-order valence-electron chi connectivity index (χ4n) is 2.34. The summed E-state index contributed by atoms with van der Waals surface area (Å²) in [6.07, 6.45) is 6.31. The van der Waals surface area contributed by atoms with Crippen molar-refractivity contribution >= 4 is 34.9 Å². The molecule has 0 fully saturated rings. The predicted molar refractivity (Wildman–Crippen MR) is 98.8 cm³/mol. The van der Waals surface area contributed by atoms with Gasteiger partial charge in [0.25, 0.3) is 0 Å². The summed E-state index contributed by atoms with van der Waals surface area (Å²) in [7, 11) is 0. The Kier molecular flexibility index (Phi) is 5.69. The highest BCUT2D eigenvalue weighted by Gasteiger charge is 2.26. The quantitative estimate of drug-likeness (QED) is 0.682. The van der Waals surface area contributed by atoms with Crippen LogP contribution in [0.4, 0.5) is 0 Å². The van der Waals surface area contributed by atoms with Crippen molar-refractivity contribution in [2.24, 2.45) is 0 Å². The number of rotatable bonds is 6. The summed E-state index contributed by atoms with van der Waals surface area (Å²) in [6.45, 7) is 10.4. The van der Waals surface area contributed by atoms with Crippen LogP contribution in [0.25, 0.3) is 0 Å². The lowest BCUT2D eigenvalue weighted by atomic mass is 9.96. The number of allylic oxidation sites excluding steroid dienone is 10. The molecule has 5 heteroatoms. The summed E-state index contributed by atoms with van der Waals surface area (Å²) in [6, 6.07) is 0. The van der Waals surface area contributed by atoms with E-state index in [0.29, 0.717) is 32.1 Å². The number of hydrogen-bond donors (Lipinski definition) is 0. The Balaban J connectivity index is 2.20. The molecule has 0 N–H and O–H groups in total. The average Bonchev–Trinajstić information content (AvgIpc) is 2.56. The SMILES string of the molecule is C=C(C)C(=O)C1=CC=C(SC2=CC=C(C(=O)C(=C)C)CC2=O)C(=O)C1. The maximum atomic E-state index is 12.2. The van der Waals surface area contributed by atoms with Gasteiger partial charge in [-0.15, -0.1) is 0 Å².